The molecule has 0 saturated carbocycles. The molecule has 0 aliphatic rings. The van der Waals surface area contributed by atoms with Crippen LogP contribution in [0.2, 0.25) is 0 Å². The summed E-state index contributed by atoms with van der Waals surface area (Å²) in [6, 6.07) is 18.5. The molecule has 1 amide bonds. The number of pyridine rings is 1. The molecule has 0 saturated heterocycles. The zero-order chi connectivity index (χ0) is 17.9. The Morgan fingerprint density at radius 3 is 2.73 bits per heavy atom. The average Bonchev–Trinajstić information content (AvgIpc) is 2.67. The maximum Gasteiger partial charge on any atom is 0.349 e. The number of carbonyl (C=O) groups excluding carboxylic acids is 1. The number of amides is 1. The van der Waals surface area contributed by atoms with Crippen LogP contribution in [0.4, 0.5) is 0 Å². The molecule has 128 valence electrons. The molecule has 5 heteroatoms. The lowest BCUT2D eigenvalue weighted by Crippen LogP contribution is -2.29. The fourth-order valence-electron chi connectivity index (χ4n) is 3.00. The first-order valence-electron chi connectivity index (χ1n) is 8.36. The average molecular weight is 344 g/mol. The Balaban J connectivity index is 1.50. The highest BCUT2D eigenvalue weighted by molar-refractivity contribution is 5.96. The van der Waals surface area contributed by atoms with Crippen molar-refractivity contribution in [3.05, 3.63) is 88.4 Å². The fraction of sp³-hybridized carbons (Fsp3) is 0.0952. The van der Waals surface area contributed by atoms with E-state index in [0.29, 0.717) is 18.5 Å². The van der Waals surface area contributed by atoms with Crippen LogP contribution in [-0.4, -0.2) is 17.4 Å². The number of benzene rings is 2. The first-order chi connectivity index (χ1) is 12.7. The highest BCUT2D eigenvalue weighted by Crippen LogP contribution is 2.16. The Kier molecular flexibility index (Phi) is 4.19. The molecule has 2 heterocycles. The molecule has 0 aliphatic heterocycles. The van der Waals surface area contributed by atoms with Crippen LogP contribution in [0.3, 0.4) is 0 Å². The Bertz CT molecular complexity index is 1160. The van der Waals surface area contributed by atoms with Crippen molar-refractivity contribution in [1.29, 1.82) is 0 Å². The second kappa shape index (κ2) is 6.80. The van der Waals surface area contributed by atoms with Crippen molar-refractivity contribution in [1.82, 2.24) is 10.3 Å². The van der Waals surface area contributed by atoms with E-state index in [9.17, 15) is 9.59 Å². The van der Waals surface area contributed by atoms with Crippen LogP contribution < -0.4 is 10.9 Å². The molecule has 0 radical (unpaired) electrons. The maximum atomic E-state index is 12.4. The zero-order valence-electron chi connectivity index (χ0n) is 13.9. The fourth-order valence-corrected chi connectivity index (χ4v) is 3.00. The number of aromatic nitrogens is 1. The Hall–Kier alpha value is -3.47. The van der Waals surface area contributed by atoms with E-state index in [0.717, 1.165) is 21.9 Å². The van der Waals surface area contributed by atoms with Crippen molar-refractivity contribution in [3.63, 3.8) is 0 Å². The molecular weight excluding hydrogens is 328 g/mol. The van der Waals surface area contributed by atoms with Gasteiger partial charge >= 0.3 is 5.63 Å². The topological polar surface area (TPSA) is 72.2 Å². The van der Waals surface area contributed by atoms with Gasteiger partial charge in [-0.2, -0.15) is 0 Å². The Labute approximate surface area is 149 Å². The van der Waals surface area contributed by atoms with E-state index < -0.39 is 11.5 Å². The third kappa shape index (κ3) is 3.07. The van der Waals surface area contributed by atoms with Crippen LogP contribution in [0.25, 0.3) is 21.9 Å². The number of nitrogens with zero attached hydrogens (tertiary/aromatic N) is 1. The van der Waals surface area contributed by atoms with Crippen LogP contribution in [0.15, 0.2) is 76.1 Å². The molecule has 5 nitrogen and oxygen atoms in total. The molecule has 0 bridgehead atoms. The zero-order valence-corrected chi connectivity index (χ0v) is 13.9. The molecule has 0 spiro atoms. The van der Waals surface area contributed by atoms with Crippen molar-refractivity contribution < 1.29 is 9.21 Å². The van der Waals surface area contributed by atoms with Gasteiger partial charge in [0.2, 0.25) is 0 Å². The third-order valence-electron chi connectivity index (χ3n) is 4.28. The van der Waals surface area contributed by atoms with E-state index in [2.05, 4.69) is 10.3 Å². The second-order valence-electron chi connectivity index (χ2n) is 5.98. The van der Waals surface area contributed by atoms with Gasteiger partial charge in [0, 0.05) is 23.5 Å². The Morgan fingerprint density at radius 1 is 1.00 bits per heavy atom. The van der Waals surface area contributed by atoms with Gasteiger partial charge in [0.05, 0.1) is 5.52 Å². The number of para-hydroxylation sites is 2. The summed E-state index contributed by atoms with van der Waals surface area (Å²) in [5.74, 6) is -0.433. The van der Waals surface area contributed by atoms with Gasteiger partial charge < -0.3 is 9.73 Å². The van der Waals surface area contributed by atoms with Crippen molar-refractivity contribution in [2.75, 3.05) is 6.54 Å². The molecule has 4 rings (SSSR count). The van der Waals surface area contributed by atoms with E-state index in [1.54, 1.807) is 30.5 Å². The quantitative estimate of drug-likeness (QED) is 0.577. The maximum absolute atomic E-state index is 12.4. The van der Waals surface area contributed by atoms with Crippen molar-refractivity contribution in [2.45, 2.75) is 6.42 Å². The first-order valence-corrected chi connectivity index (χ1v) is 8.36. The van der Waals surface area contributed by atoms with E-state index in [1.165, 1.54) is 0 Å². The lowest BCUT2D eigenvalue weighted by Gasteiger charge is -2.07. The monoisotopic (exact) mass is 344 g/mol. The van der Waals surface area contributed by atoms with E-state index >= 15 is 0 Å². The summed E-state index contributed by atoms with van der Waals surface area (Å²) in [6.07, 6.45) is 2.38. The van der Waals surface area contributed by atoms with Gasteiger partial charge in [0.15, 0.2) is 0 Å². The van der Waals surface area contributed by atoms with Gasteiger partial charge in [-0.1, -0.05) is 42.5 Å². The molecule has 0 aliphatic carbocycles. The molecule has 2 aromatic heterocycles. The van der Waals surface area contributed by atoms with Gasteiger partial charge in [0.25, 0.3) is 5.91 Å². The first kappa shape index (κ1) is 16.0. The van der Waals surface area contributed by atoms with Gasteiger partial charge in [-0.15, -0.1) is 0 Å². The number of carbonyl (C=O) groups is 1. The van der Waals surface area contributed by atoms with Gasteiger partial charge in [-0.25, -0.2) is 4.79 Å². The van der Waals surface area contributed by atoms with Gasteiger partial charge in [-0.05, 0) is 30.2 Å². The standard InChI is InChI=1S/C21H16N2O3/c24-20(17-13-16-5-1-2-9-18(16)26-21(17)25)23-12-10-15-7-3-6-14-8-4-11-22-19(14)15/h1-9,11,13H,10,12H2,(H,23,24). The van der Waals surface area contributed by atoms with Crippen LogP contribution in [0, 0.1) is 0 Å². The minimum Gasteiger partial charge on any atom is -0.422 e. The molecule has 2 aromatic carbocycles. The van der Waals surface area contributed by atoms with Crippen molar-refractivity contribution in [2.24, 2.45) is 0 Å². The van der Waals surface area contributed by atoms with Crippen LogP contribution in [0.1, 0.15) is 15.9 Å². The predicted molar refractivity (Wildman–Crippen MR) is 100 cm³/mol. The Morgan fingerprint density at radius 2 is 1.81 bits per heavy atom. The molecular formula is C21H16N2O3. The lowest BCUT2D eigenvalue weighted by atomic mass is 10.1. The molecule has 26 heavy (non-hydrogen) atoms. The summed E-state index contributed by atoms with van der Waals surface area (Å²) in [7, 11) is 0. The molecule has 0 fully saturated rings. The molecule has 0 atom stereocenters. The van der Waals surface area contributed by atoms with Crippen LogP contribution in [-0.2, 0) is 6.42 Å². The largest absolute Gasteiger partial charge is 0.422 e. The van der Waals surface area contributed by atoms with Crippen molar-refractivity contribution >= 4 is 27.8 Å². The minimum absolute atomic E-state index is 0.0137. The number of hydrogen-bond donors (Lipinski definition) is 1. The minimum atomic E-state index is -0.631. The summed E-state index contributed by atoms with van der Waals surface area (Å²) >= 11 is 0. The molecule has 1 N–H and O–H groups in total. The summed E-state index contributed by atoms with van der Waals surface area (Å²) in [5, 5.41) is 4.57. The van der Waals surface area contributed by atoms with Gasteiger partial charge in [0.1, 0.15) is 11.1 Å². The number of rotatable bonds is 4. The van der Waals surface area contributed by atoms with Crippen LogP contribution >= 0.6 is 0 Å². The summed E-state index contributed by atoms with van der Waals surface area (Å²) in [4.78, 5) is 28.8. The van der Waals surface area contributed by atoms with E-state index in [4.69, 9.17) is 4.42 Å². The van der Waals surface area contributed by atoms with Crippen molar-refractivity contribution in [3.8, 4) is 0 Å². The summed E-state index contributed by atoms with van der Waals surface area (Å²) in [6.45, 7) is 0.404. The predicted octanol–water partition coefficient (Wildman–Crippen LogP) is 3.31. The third-order valence-corrected chi connectivity index (χ3v) is 4.28. The normalized spacial score (nSPS) is 10.9. The second-order valence-corrected chi connectivity index (χ2v) is 5.98. The number of hydrogen-bond acceptors (Lipinski definition) is 4. The number of fused-ring (bicyclic) bond motifs is 2. The SMILES string of the molecule is O=C(NCCc1cccc2cccnc12)c1cc2ccccc2oc1=O. The number of nitrogens with one attached hydrogen (secondary N) is 1. The van der Waals surface area contributed by atoms with Gasteiger partial charge in [-0.3, -0.25) is 9.78 Å². The van der Waals surface area contributed by atoms with Crippen LogP contribution in [0.5, 0.6) is 0 Å². The molecule has 0 unspecified atom stereocenters. The van der Waals surface area contributed by atoms with E-state index in [-0.39, 0.29) is 5.56 Å². The summed E-state index contributed by atoms with van der Waals surface area (Å²) < 4.78 is 5.21. The highest BCUT2D eigenvalue weighted by Gasteiger charge is 2.13. The van der Waals surface area contributed by atoms with E-state index in [1.807, 2.05) is 36.4 Å². The smallest absolute Gasteiger partial charge is 0.349 e. The highest BCUT2D eigenvalue weighted by atomic mass is 16.4. The lowest BCUT2D eigenvalue weighted by molar-refractivity contribution is 0.0950. The summed E-state index contributed by atoms with van der Waals surface area (Å²) in [5.41, 5.74) is 1.83. The molecule has 4 aromatic rings.